The fourth-order valence-electron chi connectivity index (χ4n) is 1.78. The highest BCUT2D eigenvalue weighted by atomic mass is 79.9. The van der Waals surface area contributed by atoms with E-state index in [1.165, 1.54) is 11.3 Å². The Bertz CT molecular complexity index is 664. The molecule has 0 N–H and O–H groups in total. The smallest absolute Gasteiger partial charge is 0.358 e. The number of carbonyl (C=O) groups is 1. The summed E-state index contributed by atoms with van der Waals surface area (Å²) in [5, 5.41) is 1.62. The van der Waals surface area contributed by atoms with E-state index in [2.05, 4.69) is 39.7 Å². The van der Waals surface area contributed by atoms with E-state index >= 15 is 0 Å². The first-order valence-electron chi connectivity index (χ1n) is 7.08. The third kappa shape index (κ3) is 3.94. The molecule has 0 amide bonds. The summed E-state index contributed by atoms with van der Waals surface area (Å²) >= 11 is 6.76. The van der Waals surface area contributed by atoms with Crippen LogP contribution in [0.15, 0.2) is 6.20 Å². The van der Waals surface area contributed by atoms with Crippen LogP contribution in [-0.4, -0.2) is 22.0 Å². The maximum atomic E-state index is 12.3. The Morgan fingerprint density at radius 1 is 1.23 bits per heavy atom. The largest absolute Gasteiger partial charge is 0.458 e. The quantitative estimate of drug-likeness (QED) is 0.507. The molecule has 0 radical (unpaired) electrons. The molecule has 1 atom stereocenters. The van der Waals surface area contributed by atoms with Gasteiger partial charge in [0.1, 0.15) is 0 Å². The first-order chi connectivity index (χ1) is 10.3. The molecule has 0 bridgehead atoms. The van der Waals surface area contributed by atoms with Crippen molar-refractivity contribution in [1.29, 1.82) is 0 Å². The zero-order chi connectivity index (χ0) is 16.4. The fraction of sp³-hybridized carbons (Fsp3) is 0.533. The Hall–Kier alpha value is -0.790. The molecule has 0 spiro atoms. The summed E-state index contributed by atoms with van der Waals surface area (Å²) in [6.45, 7) is 9.88. The van der Waals surface area contributed by atoms with E-state index in [0.29, 0.717) is 11.6 Å². The summed E-state index contributed by atoms with van der Waals surface area (Å²) in [5.74, 6) is -0.0252. The number of nitrogens with zero attached hydrogens (tertiary/aromatic N) is 2. The first kappa shape index (κ1) is 17.6. The molecule has 22 heavy (non-hydrogen) atoms. The zero-order valence-corrected chi connectivity index (χ0v) is 16.4. The number of esters is 1. The number of halogens is 1. The Morgan fingerprint density at radius 2 is 1.91 bits per heavy atom. The van der Waals surface area contributed by atoms with Gasteiger partial charge in [0.2, 0.25) is 0 Å². The minimum absolute atomic E-state index is 0.0644. The van der Waals surface area contributed by atoms with E-state index in [0.717, 1.165) is 19.8 Å². The lowest BCUT2D eigenvalue weighted by atomic mass is 10.1. The van der Waals surface area contributed by atoms with Crippen molar-refractivity contribution < 1.29 is 9.53 Å². The second kappa shape index (κ2) is 7.19. The molecule has 2 heterocycles. The van der Waals surface area contributed by atoms with Crippen LogP contribution in [0, 0.1) is 12.8 Å². The van der Waals surface area contributed by atoms with Crippen molar-refractivity contribution in [3.63, 3.8) is 0 Å². The van der Waals surface area contributed by atoms with Gasteiger partial charge in [-0.1, -0.05) is 29.8 Å². The molecule has 7 heteroatoms. The molecule has 0 saturated heterocycles. The molecule has 4 nitrogen and oxygen atoms in total. The van der Waals surface area contributed by atoms with Crippen molar-refractivity contribution in [3.05, 3.63) is 21.6 Å². The van der Waals surface area contributed by atoms with Crippen LogP contribution in [0.2, 0.25) is 0 Å². The summed E-state index contributed by atoms with van der Waals surface area (Å²) < 4.78 is 5.33. The van der Waals surface area contributed by atoms with Gasteiger partial charge in [-0.15, -0.1) is 22.7 Å². The van der Waals surface area contributed by atoms with E-state index < -0.39 is 0 Å². The number of hydrogen-bond donors (Lipinski definition) is 0. The normalized spacial score (nSPS) is 12.9. The Labute approximate surface area is 147 Å². The van der Waals surface area contributed by atoms with Gasteiger partial charge in [-0.2, -0.15) is 0 Å². The van der Waals surface area contributed by atoms with Crippen molar-refractivity contribution in [1.82, 2.24) is 9.97 Å². The lowest BCUT2D eigenvalue weighted by Crippen LogP contribution is -2.14. The summed E-state index contributed by atoms with van der Waals surface area (Å²) in [4.78, 5) is 23.3. The molecule has 0 aromatic carbocycles. The predicted molar refractivity (Wildman–Crippen MR) is 95.0 cm³/mol. The van der Waals surface area contributed by atoms with Crippen LogP contribution in [0.4, 0.5) is 0 Å². The molecule has 0 aliphatic heterocycles. The molecule has 0 aliphatic rings. The van der Waals surface area contributed by atoms with Crippen LogP contribution in [0.5, 0.6) is 0 Å². The first-order valence-corrected chi connectivity index (χ1v) is 9.63. The van der Waals surface area contributed by atoms with Crippen LogP contribution in [-0.2, 0) is 4.74 Å². The van der Waals surface area contributed by atoms with E-state index in [4.69, 9.17) is 4.74 Å². The van der Waals surface area contributed by atoms with Gasteiger partial charge in [-0.3, -0.25) is 0 Å². The highest BCUT2D eigenvalue weighted by Gasteiger charge is 2.27. The minimum atomic E-state index is -0.370. The van der Waals surface area contributed by atoms with Crippen molar-refractivity contribution in [2.45, 2.75) is 45.5 Å². The lowest BCUT2D eigenvalue weighted by molar-refractivity contribution is 0.0370. The zero-order valence-electron chi connectivity index (χ0n) is 13.2. The van der Waals surface area contributed by atoms with Gasteiger partial charge in [0.25, 0.3) is 0 Å². The van der Waals surface area contributed by atoms with Gasteiger partial charge in [0, 0.05) is 11.1 Å². The number of thiazole rings is 2. The van der Waals surface area contributed by atoms with Gasteiger partial charge in [0.15, 0.2) is 15.7 Å². The SMILES string of the molecule is Cc1cnc(-c2nc(C(=O)OC(C)C)c(C(Br)C(C)C)s2)s1. The molecule has 120 valence electrons. The Balaban J connectivity index is 2.45. The van der Waals surface area contributed by atoms with Crippen LogP contribution in [0.25, 0.3) is 10.0 Å². The van der Waals surface area contributed by atoms with Crippen molar-refractivity contribution in [2.24, 2.45) is 5.92 Å². The summed E-state index contributed by atoms with van der Waals surface area (Å²) in [6, 6.07) is 0. The number of aromatic nitrogens is 2. The topological polar surface area (TPSA) is 52.1 Å². The second-order valence-electron chi connectivity index (χ2n) is 5.61. The molecular weight excluding hydrogens is 384 g/mol. The summed E-state index contributed by atoms with van der Waals surface area (Å²) in [7, 11) is 0. The Kier molecular flexibility index (Phi) is 5.74. The van der Waals surface area contributed by atoms with Crippen LogP contribution in [0.3, 0.4) is 0 Å². The van der Waals surface area contributed by atoms with Crippen LogP contribution < -0.4 is 0 Å². The number of carbonyl (C=O) groups excluding carboxylic acids is 1. The van der Waals surface area contributed by atoms with Gasteiger partial charge in [-0.25, -0.2) is 14.8 Å². The molecule has 2 aromatic heterocycles. The molecule has 0 fully saturated rings. The van der Waals surface area contributed by atoms with Crippen LogP contribution >= 0.6 is 38.6 Å². The van der Waals surface area contributed by atoms with Gasteiger partial charge in [0.05, 0.1) is 15.8 Å². The standard InChI is InChI=1S/C15H19BrN2O2S2/c1-7(2)10(16)12-11(15(19)20-8(3)4)18-14(22-12)13-17-6-9(5)21-13/h6-8,10H,1-5H3. The Morgan fingerprint density at radius 3 is 2.41 bits per heavy atom. The molecule has 0 aliphatic carbocycles. The molecule has 2 rings (SSSR count). The average Bonchev–Trinajstić information content (AvgIpc) is 3.02. The van der Waals surface area contributed by atoms with Crippen molar-refractivity contribution >= 4 is 44.6 Å². The maximum absolute atomic E-state index is 12.3. The minimum Gasteiger partial charge on any atom is -0.458 e. The number of hydrogen-bond acceptors (Lipinski definition) is 6. The van der Waals surface area contributed by atoms with Crippen molar-refractivity contribution in [2.75, 3.05) is 0 Å². The molecule has 1 unspecified atom stereocenters. The van der Waals surface area contributed by atoms with E-state index in [1.54, 1.807) is 11.3 Å². The highest BCUT2D eigenvalue weighted by molar-refractivity contribution is 9.09. The number of alkyl halides is 1. The van der Waals surface area contributed by atoms with E-state index in [-0.39, 0.29) is 16.9 Å². The maximum Gasteiger partial charge on any atom is 0.358 e. The lowest BCUT2D eigenvalue weighted by Gasteiger charge is -2.13. The number of rotatable bonds is 5. The predicted octanol–water partition coefficient (Wildman–Crippen LogP) is 5.23. The number of aryl methyl sites for hydroxylation is 1. The van der Waals surface area contributed by atoms with E-state index in [9.17, 15) is 4.79 Å². The average molecular weight is 403 g/mol. The third-order valence-electron chi connectivity index (χ3n) is 2.83. The second-order valence-corrected chi connectivity index (χ2v) is 8.86. The highest BCUT2D eigenvalue weighted by Crippen LogP contribution is 2.40. The number of ether oxygens (including phenoxy) is 1. The summed E-state index contributed by atoms with van der Waals surface area (Å²) in [6.07, 6.45) is 1.65. The van der Waals surface area contributed by atoms with Gasteiger partial charge in [-0.05, 0) is 26.7 Å². The van der Waals surface area contributed by atoms with E-state index in [1.807, 2.05) is 27.0 Å². The van der Waals surface area contributed by atoms with Gasteiger partial charge >= 0.3 is 5.97 Å². The third-order valence-corrected chi connectivity index (χ3v) is 6.84. The van der Waals surface area contributed by atoms with Crippen LogP contribution in [0.1, 0.15) is 52.8 Å². The molecular formula is C15H19BrN2O2S2. The molecule has 2 aromatic rings. The van der Waals surface area contributed by atoms with Crippen molar-refractivity contribution in [3.8, 4) is 10.0 Å². The monoisotopic (exact) mass is 402 g/mol. The fourth-order valence-corrected chi connectivity index (χ4v) is 4.27. The van der Waals surface area contributed by atoms with Gasteiger partial charge < -0.3 is 4.74 Å². The summed E-state index contributed by atoms with van der Waals surface area (Å²) in [5.41, 5.74) is 0.400. The molecule has 0 saturated carbocycles.